The third kappa shape index (κ3) is 4.22. The highest BCUT2D eigenvalue weighted by Gasteiger charge is 2.14. The number of hydrogen-bond acceptors (Lipinski definition) is 3. The van der Waals surface area contributed by atoms with Crippen molar-refractivity contribution in [3.8, 4) is 0 Å². The summed E-state index contributed by atoms with van der Waals surface area (Å²) in [6.45, 7) is 7.41. The number of carbonyl (C=O) groups is 1. The Morgan fingerprint density at radius 1 is 1.00 bits per heavy atom. The van der Waals surface area contributed by atoms with Crippen molar-refractivity contribution in [3.63, 3.8) is 0 Å². The van der Waals surface area contributed by atoms with E-state index in [1.54, 1.807) is 0 Å². The van der Waals surface area contributed by atoms with E-state index in [-0.39, 0.29) is 5.91 Å². The van der Waals surface area contributed by atoms with E-state index in [0.717, 1.165) is 49.5 Å². The van der Waals surface area contributed by atoms with Gasteiger partial charge in [-0.25, -0.2) is 0 Å². The zero-order chi connectivity index (χ0) is 16.9. The maximum Gasteiger partial charge on any atom is 0.255 e. The predicted octanol–water partition coefficient (Wildman–Crippen LogP) is 2.99. The Labute approximate surface area is 144 Å². The molecular formula is C20H25N3O. The molecular weight excluding hydrogens is 298 g/mol. The molecule has 2 aromatic carbocycles. The van der Waals surface area contributed by atoms with Crippen molar-refractivity contribution in [1.82, 2.24) is 9.80 Å². The first-order valence-corrected chi connectivity index (χ1v) is 8.48. The highest BCUT2D eigenvalue weighted by molar-refractivity contribution is 6.05. The van der Waals surface area contributed by atoms with Crippen LogP contribution in [0.2, 0.25) is 0 Å². The molecule has 1 saturated heterocycles. The number of hydrogen-bond donors (Lipinski definition) is 1. The Morgan fingerprint density at radius 2 is 1.67 bits per heavy atom. The second kappa shape index (κ2) is 7.60. The number of rotatable bonds is 4. The Kier molecular flexibility index (Phi) is 5.28. The van der Waals surface area contributed by atoms with Gasteiger partial charge in [-0.05, 0) is 43.3 Å². The molecule has 1 fully saturated rings. The molecule has 0 radical (unpaired) electrons. The van der Waals surface area contributed by atoms with Gasteiger partial charge in [-0.2, -0.15) is 0 Å². The summed E-state index contributed by atoms with van der Waals surface area (Å²) in [5.41, 5.74) is 3.83. The van der Waals surface area contributed by atoms with Crippen molar-refractivity contribution in [2.45, 2.75) is 13.5 Å². The van der Waals surface area contributed by atoms with Crippen molar-refractivity contribution >= 4 is 11.6 Å². The highest BCUT2D eigenvalue weighted by atomic mass is 16.1. The predicted molar refractivity (Wildman–Crippen MR) is 98.3 cm³/mol. The lowest BCUT2D eigenvalue weighted by molar-refractivity contribution is 0.102. The molecule has 0 bridgehead atoms. The standard InChI is InChI=1S/C20H25N3O/c1-16-5-3-4-6-19(16)20(24)21-18-9-7-17(8-10-18)15-23-13-11-22(2)12-14-23/h3-10H,11-15H2,1-2H3,(H,21,24). The van der Waals surface area contributed by atoms with E-state index in [1.807, 2.05) is 43.3 Å². The Bertz CT molecular complexity index is 688. The number of carbonyl (C=O) groups excluding carboxylic acids is 1. The molecule has 1 heterocycles. The van der Waals surface area contributed by atoms with E-state index in [0.29, 0.717) is 0 Å². The first-order chi connectivity index (χ1) is 11.6. The number of amides is 1. The van der Waals surface area contributed by atoms with Crippen LogP contribution in [-0.2, 0) is 6.54 Å². The van der Waals surface area contributed by atoms with E-state index in [4.69, 9.17) is 0 Å². The van der Waals surface area contributed by atoms with Crippen LogP contribution in [0.5, 0.6) is 0 Å². The largest absolute Gasteiger partial charge is 0.322 e. The molecule has 0 unspecified atom stereocenters. The monoisotopic (exact) mass is 323 g/mol. The van der Waals surface area contributed by atoms with Crippen LogP contribution >= 0.6 is 0 Å². The fourth-order valence-corrected chi connectivity index (χ4v) is 2.98. The molecule has 1 aliphatic rings. The summed E-state index contributed by atoms with van der Waals surface area (Å²) in [5, 5.41) is 2.98. The molecule has 0 aliphatic carbocycles. The zero-order valence-corrected chi connectivity index (χ0v) is 14.5. The molecule has 126 valence electrons. The molecule has 2 aromatic rings. The fourth-order valence-electron chi connectivity index (χ4n) is 2.98. The SMILES string of the molecule is Cc1ccccc1C(=O)Nc1ccc(CN2CCN(C)CC2)cc1. The number of piperazine rings is 1. The molecule has 0 atom stereocenters. The van der Waals surface area contributed by atoms with Gasteiger partial charge < -0.3 is 10.2 Å². The fraction of sp³-hybridized carbons (Fsp3) is 0.350. The summed E-state index contributed by atoms with van der Waals surface area (Å²) in [6, 6.07) is 15.8. The number of benzene rings is 2. The molecule has 0 saturated carbocycles. The van der Waals surface area contributed by atoms with Crippen molar-refractivity contribution in [3.05, 3.63) is 65.2 Å². The highest BCUT2D eigenvalue weighted by Crippen LogP contribution is 2.15. The van der Waals surface area contributed by atoms with Gasteiger partial charge in [0, 0.05) is 44.0 Å². The van der Waals surface area contributed by atoms with E-state index in [9.17, 15) is 4.79 Å². The molecule has 24 heavy (non-hydrogen) atoms. The van der Waals surface area contributed by atoms with Gasteiger partial charge in [0.25, 0.3) is 5.91 Å². The molecule has 0 spiro atoms. The van der Waals surface area contributed by atoms with Gasteiger partial charge in [-0.3, -0.25) is 9.69 Å². The summed E-state index contributed by atoms with van der Waals surface area (Å²) >= 11 is 0. The van der Waals surface area contributed by atoms with Gasteiger partial charge in [-0.1, -0.05) is 30.3 Å². The molecule has 4 nitrogen and oxygen atoms in total. The summed E-state index contributed by atoms with van der Waals surface area (Å²) in [4.78, 5) is 17.2. The van der Waals surface area contributed by atoms with E-state index in [1.165, 1.54) is 5.56 Å². The zero-order valence-electron chi connectivity index (χ0n) is 14.5. The maximum atomic E-state index is 12.3. The minimum absolute atomic E-state index is 0.0556. The Balaban J connectivity index is 1.58. The topological polar surface area (TPSA) is 35.6 Å². The van der Waals surface area contributed by atoms with Gasteiger partial charge in [0.15, 0.2) is 0 Å². The van der Waals surface area contributed by atoms with E-state index in [2.05, 4.69) is 34.3 Å². The summed E-state index contributed by atoms with van der Waals surface area (Å²) in [6.07, 6.45) is 0. The normalized spacial score (nSPS) is 16.1. The first kappa shape index (κ1) is 16.7. The average molecular weight is 323 g/mol. The number of anilines is 1. The third-order valence-corrected chi connectivity index (χ3v) is 4.60. The van der Waals surface area contributed by atoms with Crippen LogP contribution in [0.1, 0.15) is 21.5 Å². The second-order valence-electron chi connectivity index (χ2n) is 6.55. The van der Waals surface area contributed by atoms with Crippen LogP contribution in [0.4, 0.5) is 5.69 Å². The molecule has 1 N–H and O–H groups in total. The molecule has 1 amide bonds. The average Bonchev–Trinajstić information content (AvgIpc) is 2.59. The third-order valence-electron chi connectivity index (χ3n) is 4.60. The minimum Gasteiger partial charge on any atom is -0.322 e. The minimum atomic E-state index is -0.0556. The van der Waals surface area contributed by atoms with Crippen molar-refractivity contribution in [2.24, 2.45) is 0 Å². The molecule has 4 heteroatoms. The van der Waals surface area contributed by atoms with Crippen LogP contribution in [-0.4, -0.2) is 48.9 Å². The number of nitrogens with one attached hydrogen (secondary N) is 1. The van der Waals surface area contributed by atoms with Gasteiger partial charge >= 0.3 is 0 Å². The Hall–Kier alpha value is -2.17. The van der Waals surface area contributed by atoms with Crippen molar-refractivity contribution < 1.29 is 4.79 Å². The lowest BCUT2D eigenvalue weighted by Gasteiger charge is -2.32. The van der Waals surface area contributed by atoms with Crippen LogP contribution in [0.3, 0.4) is 0 Å². The van der Waals surface area contributed by atoms with Crippen LogP contribution in [0.25, 0.3) is 0 Å². The number of likely N-dealkylation sites (N-methyl/N-ethyl adjacent to an activating group) is 1. The van der Waals surface area contributed by atoms with E-state index < -0.39 is 0 Å². The summed E-state index contributed by atoms with van der Waals surface area (Å²) in [7, 11) is 2.17. The van der Waals surface area contributed by atoms with Crippen molar-refractivity contribution in [2.75, 3.05) is 38.5 Å². The molecule has 1 aliphatic heterocycles. The van der Waals surface area contributed by atoms with Crippen LogP contribution < -0.4 is 5.32 Å². The number of aryl methyl sites for hydroxylation is 1. The molecule has 3 rings (SSSR count). The lowest BCUT2D eigenvalue weighted by Crippen LogP contribution is -2.43. The molecule has 0 aromatic heterocycles. The summed E-state index contributed by atoms with van der Waals surface area (Å²) < 4.78 is 0. The number of nitrogens with zero attached hydrogens (tertiary/aromatic N) is 2. The van der Waals surface area contributed by atoms with Crippen LogP contribution in [0, 0.1) is 6.92 Å². The van der Waals surface area contributed by atoms with Crippen molar-refractivity contribution in [1.29, 1.82) is 0 Å². The Morgan fingerprint density at radius 3 is 2.33 bits per heavy atom. The van der Waals surface area contributed by atoms with Gasteiger partial charge in [-0.15, -0.1) is 0 Å². The quantitative estimate of drug-likeness (QED) is 0.939. The first-order valence-electron chi connectivity index (χ1n) is 8.48. The van der Waals surface area contributed by atoms with Gasteiger partial charge in [0.1, 0.15) is 0 Å². The summed E-state index contributed by atoms with van der Waals surface area (Å²) in [5.74, 6) is -0.0556. The smallest absolute Gasteiger partial charge is 0.255 e. The van der Waals surface area contributed by atoms with Crippen LogP contribution in [0.15, 0.2) is 48.5 Å². The second-order valence-corrected chi connectivity index (χ2v) is 6.55. The van der Waals surface area contributed by atoms with E-state index >= 15 is 0 Å². The van der Waals surface area contributed by atoms with Gasteiger partial charge in [0.05, 0.1) is 0 Å². The lowest BCUT2D eigenvalue weighted by atomic mass is 10.1. The maximum absolute atomic E-state index is 12.3. The van der Waals surface area contributed by atoms with Gasteiger partial charge in [0.2, 0.25) is 0 Å².